The van der Waals surface area contributed by atoms with Gasteiger partial charge in [-0.25, -0.2) is 0 Å². The number of ether oxygens (including phenoxy) is 2. The van der Waals surface area contributed by atoms with Gasteiger partial charge in [0.2, 0.25) is 11.8 Å². The summed E-state index contributed by atoms with van der Waals surface area (Å²) in [6.45, 7) is 3.59. The van der Waals surface area contributed by atoms with Crippen LogP contribution < -0.4 is 14.5 Å². The molecule has 5 fully saturated rings. The Kier molecular flexibility index (Phi) is 5.76. The van der Waals surface area contributed by atoms with Crippen LogP contribution in [0.15, 0.2) is 36.4 Å². The molecule has 3 N–H and O–H groups in total. The number of hydrogen-bond donors (Lipinski definition) is 3. The highest BCUT2D eigenvalue weighted by atomic mass is 16.6. The largest absolute Gasteiger partial charge is 0.506 e. The first-order chi connectivity index (χ1) is 24.0. The maximum Gasteiger partial charge on any atom is 0.308 e. The molecule has 262 valence electrons. The van der Waals surface area contributed by atoms with Gasteiger partial charge in [0.05, 0.1) is 53.2 Å². The minimum Gasteiger partial charge on any atom is -0.506 e. The number of para-hydroxylation sites is 1. The quantitative estimate of drug-likeness (QED) is 0.327. The lowest BCUT2D eigenvalue weighted by molar-refractivity contribution is -0.206. The smallest absolute Gasteiger partial charge is 0.308 e. The zero-order valence-electron chi connectivity index (χ0n) is 28.6. The topological polar surface area (TPSA) is 143 Å². The number of rotatable bonds is 3. The highest BCUT2D eigenvalue weighted by Gasteiger charge is 2.82. The van der Waals surface area contributed by atoms with E-state index in [1.165, 1.54) is 18.1 Å². The van der Waals surface area contributed by atoms with Crippen molar-refractivity contribution in [2.24, 2.45) is 5.41 Å². The molecule has 2 spiro atoms. The molecular weight excluding hydrogens is 640 g/mol. The molecule has 7 unspecified atom stereocenters. The van der Waals surface area contributed by atoms with Crippen LogP contribution in [-0.2, 0) is 30.0 Å². The number of carbonyl (C=O) groups excluding carboxylic acids is 3. The van der Waals surface area contributed by atoms with Crippen molar-refractivity contribution in [3.8, 4) is 17.2 Å². The van der Waals surface area contributed by atoms with Crippen molar-refractivity contribution >= 4 is 29.2 Å². The fourth-order valence-electron chi connectivity index (χ4n) is 12.7. The summed E-state index contributed by atoms with van der Waals surface area (Å²) in [4.78, 5) is 49.0. The molecule has 7 heterocycles. The number of nitrogens with zero attached hydrogens (tertiary/aromatic N) is 4. The summed E-state index contributed by atoms with van der Waals surface area (Å²) < 4.78 is 12.8. The predicted octanol–water partition coefficient (Wildman–Crippen LogP) is 2.99. The van der Waals surface area contributed by atoms with Gasteiger partial charge in [-0.1, -0.05) is 31.2 Å². The summed E-state index contributed by atoms with van der Waals surface area (Å²) in [5.74, 6) is -0.918. The molecule has 12 heteroatoms. The Labute approximate surface area is 289 Å². The number of aliphatic hydroxyl groups is 1. The number of phenols is 2. The van der Waals surface area contributed by atoms with E-state index < -0.39 is 39.8 Å². The third-order valence-electron chi connectivity index (χ3n) is 14.3. The Balaban J connectivity index is 1.33. The fourth-order valence-corrected chi connectivity index (χ4v) is 12.7. The van der Waals surface area contributed by atoms with E-state index in [9.17, 15) is 29.7 Å². The number of hydrogen-bond acceptors (Lipinski definition) is 10. The molecule has 0 bridgehead atoms. The van der Waals surface area contributed by atoms with Gasteiger partial charge in [-0.15, -0.1) is 0 Å². The highest BCUT2D eigenvalue weighted by molar-refractivity contribution is 6.03. The normalized spacial score (nSPS) is 39.0. The van der Waals surface area contributed by atoms with Crippen LogP contribution in [0.2, 0.25) is 0 Å². The van der Waals surface area contributed by atoms with Crippen LogP contribution in [0.5, 0.6) is 17.2 Å². The number of fused-ring (bicyclic) bond motifs is 4. The number of esters is 1. The van der Waals surface area contributed by atoms with E-state index in [1.54, 1.807) is 11.0 Å². The molecule has 0 radical (unpaired) electrons. The fraction of sp³-hybridized carbons (Fsp3) is 0.553. The number of methoxy groups -OCH3 is 1. The van der Waals surface area contributed by atoms with Gasteiger partial charge in [0.25, 0.3) is 0 Å². The third kappa shape index (κ3) is 2.90. The van der Waals surface area contributed by atoms with E-state index in [4.69, 9.17) is 9.47 Å². The summed E-state index contributed by atoms with van der Waals surface area (Å²) in [5, 5.41) is 37.4. The molecular formula is C38H42N4O8. The predicted molar refractivity (Wildman–Crippen MR) is 180 cm³/mol. The molecule has 50 heavy (non-hydrogen) atoms. The van der Waals surface area contributed by atoms with E-state index in [-0.39, 0.29) is 60.0 Å². The second kappa shape index (κ2) is 9.40. The van der Waals surface area contributed by atoms with Crippen molar-refractivity contribution in [2.75, 3.05) is 43.6 Å². The molecule has 8 aliphatic rings. The van der Waals surface area contributed by atoms with Crippen molar-refractivity contribution in [1.29, 1.82) is 0 Å². The summed E-state index contributed by atoms with van der Waals surface area (Å²) in [5.41, 5.74) is -3.36. The molecule has 4 saturated heterocycles. The van der Waals surface area contributed by atoms with E-state index in [0.29, 0.717) is 74.1 Å². The van der Waals surface area contributed by atoms with Crippen LogP contribution in [0.3, 0.4) is 0 Å². The first kappa shape index (κ1) is 30.7. The van der Waals surface area contributed by atoms with Crippen molar-refractivity contribution in [1.82, 2.24) is 9.80 Å². The first-order valence-corrected chi connectivity index (χ1v) is 18.0. The van der Waals surface area contributed by atoms with E-state index in [1.807, 2.05) is 26.1 Å². The Morgan fingerprint density at radius 3 is 2.64 bits per heavy atom. The average molecular weight is 683 g/mol. The minimum absolute atomic E-state index is 0.113. The zero-order valence-corrected chi connectivity index (χ0v) is 28.6. The molecule has 2 amide bonds. The molecule has 1 aliphatic carbocycles. The Bertz CT molecular complexity index is 1980. The number of phenolic OH excluding ortho intramolecular Hbond substituents is 2. The Morgan fingerprint density at radius 2 is 1.86 bits per heavy atom. The standard InChI is InChI=1S/C38H42N4O8/c1-4-27(44)41-25-11-13-34-12-6-16-40-18-15-36(25,38(34,40)50-29(46)20-34)22-19-23(33(49-3)32(47)31(22)41)35-14-17-39(2)26-9-10-28(45)42(37(26,35)48)30-21(35)7-5-8-24(30)43/h5-8,12,19,25-26,43,47-48H,4,9-11,13-18,20H2,1-3H3. The highest BCUT2D eigenvalue weighted by Crippen LogP contribution is 2.75. The maximum absolute atomic E-state index is 14.1. The Hall–Kier alpha value is -4.13. The van der Waals surface area contributed by atoms with E-state index in [2.05, 4.69) is 22.0 Å². The van der Waals surface area contributed by atoms with Gasteiger partial charge in [0, 0.05) is 31.5 Å². The summed E-state index contributed by atoms with van der Waals surface area (Å²) in [6.07, 6.45) is 7.53. The molecule has 7 aliphatic heterocycles. The maximum atomic E-state index is 14.1. The number of aromatic hydroxyl groups is 2. The lowest BCUT2D eigenvalue weighted by Gasteiger charge is -2.60. The Morgan fingerprint density at radius 1 is 1.04 bits per heavy atom. The van der Waals surface area contributed by atoms with E-state index in [0.717, 1.165) is 0 Å². The van der Waals surface area contributed by atoms with Gasteiger partial charge in [-0.05, 0) is 69.0 Å². The van der Waals surface area contributed by atoms with Gasteiger partial charge < -0.3 is 29.7 Å². The van der Waals surface area contributed by atoms with Crippen LogP contribution in [-0.4, -0.2) is 100 Å². The molecule has 7 atom stereocenters. The number of benzene rings is 2. The number of likely N-dealkylation sites (tertiary alicyclic amines) is 1. The van der Waals surface area contributed by atoms with Crippen LogP contribution in [0.4, 0.5) is 11.4 Å². The van der Waals surface area contributed by atoms with Gasteiger partial charge in [0.1, 0.15) is 5.75 Å². The first-order valence-electron chi connectivity index (χ1n) is 18.0. The lowest BCUT2D eigenvalue weighted by atomic mass is 9.51. The summed E-state index contributed by atoms with van der Waals surface area (Å²) in [7, 11) is 3.41. The number of carbonyl (C=O) groups is 3. The van der Waals surface area contributed by atoms with Crippen LogP contribution >= 0.6 is 0 Å². The number of amides is 2. The third-order valence-corrected chi connectivity index (χ3v) is 14.3. The second-order valence-electron chi connectivity index (χ2n) is 15.7. The zero-order chi connectivity index (χ0) is 34.7. The SMILES string of the molecule is CCC(=O)N1c2c(cc(C34CCN(C)C5CCC(=O)N(c6c(O)cccc63)C54O)c(OC)c2O)C23CCN4CC=CC5(CCC12)CC(=O)OC453. The van der Waals surface area contributed by atoms with Crippen molar-refractivity contribution in [3.63, 3.8) is 0 Å². The molecule has 2 aromatic carbocycles. The number of piperidine rings is 2. The van der Waals surface area contributed by atoms with Crippen molar-refractivity contribution < 1.29 is 39.2 Å². The number of anilines is 2. The van der Waals surface area contributed by atoms with Gasteiger partial charge >= 0.3 is 5.97 Å². The molecule has 10 rings (SSSR count). The second-order valence-corrected chi connectivity index (χ2v) is 15.7. The number of likely N-dealkylation sites (N-methyl/N-ethyl adjacent to an activating group) is 1. The molecule has 2 aromatic rings. The van der Waals surface area contributed by atoms with Gasteiger partial charge in [-0.2, -0.15) is 0 Å². The lowest BCUT2D eigenvalue weighted by Crippen LogP contribution is -2.75. The van der Waals surface area contributed by atoms with E-state index >= 15 is 0 Å². The van der Waals surface area contributed by atoms with Gasteiger partial charge in [0.15, 0.2) is 22.9 Å². The minimum atomic E-state index is -1.84. The molecule has 1 saturated carbocycles. The monoisotopic (exact) mass is 682 g/mol. The summed E-state index contributed by atoms with van der Waals surface area (Å²) in [6, 6.07) is 6.21. The van der Waals surface area contributed by atoms with Crippen LogP contribution in [0, 0.1) is 5.41 Å². The average Bonchev–Trinajstić information content (AvgIpc) is 3.77. The van der Waals surface area contributed by atoms with Gasteiger partial charge in [-0.3, -0.25) is 29.1 Å². The van der Waals surface area contributed by atoms with Crippen LogP contribution in [0.1, 0.15) is 75.0 Å². The molecule has 12 nitrogen and oxygen atoms in total. The van der Waals surface area contributed by atoms with Crippen LogP contribution in [0.25, 0.3) is 0 Å². The van der Waals surface area contributed by atoms with Crippen molar-refractivity contribution in [3.05, 3.63) is 53.1 Å². The van der Waals surface area contributed by atoms with Crippen molar-refractivity contribution in [2.45, 2.75) is 92.7 Å². The summed E-state index contributed by atoms with van der Waals surface area (Å²) >= 11 is 0. The molecule has 0 aromatic heterocycles.